The number of aromatic nitrogens is 1. The van der Waals surface area contributed by atoms with Crippen molar-refractivity contribution in [3.63, 3.8) is 0 Å². The number of rotatable bonds is 4. The second-order valence-electron chi connectivity index (χ2n) is 6.19. The third-order valence-corrected chi connectivity index (χ3v) is 4.94. The Bertz CT molecular complexity index is 1100. The lowest BCUT2D eigenvalue weighted by molar-refractivity contribution is 0.0696. The lowest BCUT2D eigenvalue weighted by Crippen LogP contribution is -2.03. The van der Waals surface area contributed by atoms with Crippen molar-refractivity contribution in [3.05, 3.63) is 94.5 Å². The molecule has 0 aliphatic heterocycles. The standard InChI is InChI=1S/C22H16BrNO2/c23-19-9-10-20-18(12-19)13-21(16-6-2-1-3-7-16)24(20)14-15-5-4-8-17(11-15)22(25)26/h1-13H,14H2,(H,25,26). The summed E-state index contributed by atoms with van der Waals surface area (Å²) in [4.78, 5) is 11.3. The predicted octanol–water partition coefficient (Wildman–Crippen LogP) is 5.82. The maximum atomic E-state index is 11.3. The minimum atomic E-state index is -0.906. The Morgan fingerprint density at radius 1 is 0.923 bits per heavy atom. The van der Waals surface area contributed by atoms with E-state index in [0.29, 0.717) is 12.1 Å². The molecule has 0 amide bonds. The Balaban J connectivity index is 1.87. The number of carbonyl (C=O) groups is 1. The highest BCUT2D eigenvalue weighted by molar-refractivity contribution is 9.10. The average molecular weight is 406 g/mol. The molecule has 4 heteroatoms. The summed E-state index contributed by atoms with van der Waals surface area (Å²) in [5.41, 5.74) is 4.63. The molecule has 0 aliphatic rings. The molecule has 128 valence electrons. The van der Waals surface area contributed by atoms with Gasteiger partial charge >= 0.3 is 5.97 Å². The lowest BCUT2D eigenvalue weighted by Gasteiger charge is -2.12. The fraction of sp³-hybridized carbons (Fsp3) is 0.0455. The molecule has 1 heterocycles. The van der Waals surface area contributed by atoms with Crippen LogP contribution in [0.5, 0.6) is 0 Å². The molecule has 0 saturated heterocycles. The molecular weight excluding hydrogens is 390 g/mol. The van der Waals surface area contributed by atoms with E-state index in [1.165, 1.54) is 0 Å². The highest BCUT2D eigenvalue weighted by Gasteiger charge is 2.12. The summed E-state index contributed by atoms with van der Waals surface area (Å²) >= 11 is 3.54. The van der Waals surface area contributed by atoms with Gasteiger partial charge in [0.25, 0.3) is 0 Å². The molecule has 0 radical (unpaired) electrons. The van der Waals surface area contributed by atoms with Crippen LogP contribution in [0.25, 0.3) is 22.2 Å². The molecule has 4 rings (SSSR count). The Kier molecular flexibility index (Phi) is 4.35. The van der Waals surface area contributed by atoms with Gasteiger partial charge < -0.3 is 9.67 Å². The Labute approximate surface area is 159 Å². The van der Waals surface area contributed by atoms with Gasteiger partial charge in [0.15, 0.2) is 0 Å². The van der Waals surface area contributed by atoms with Crippen LogP contribution in [0, 0.1) is 0 Å². The summed E-state index contributed by atoms with van der Waals surface area (Å²) in [6, 6.07) is 25.8. The monoisotopic (exact) mass is 405 g/mol. The van der Waals surface area contributed by atoms with Gasteiger partial charge in [0.1, 0.15) is 0 Å². The van der Waals surface area contributed by atoms with Crippen molar-refractivity contribution < 1.29 is 9.90 Å². The summed E-state index contributed by atoms with van der Waals surface area (Å²) in [7, 11) is 0. The first-order valence-electron chi connectivity index (χ1n) is 8.28. The van der Waals surface area contributed by atoms with Gasteiger partial charge in [-0.1, -0.05) is 58.4 Å². The van der Waals surface area contributed by atoms with Crippen LogP contribution in [0.2, 0.25) is 0 Å². The van der Waals surface area contributed by atoms with E-state index in [1.807, 2.05) is 30.3 Å². The highest BCUT2D eigenvalue weighted by Crippen LogP contribution is 2.31. The van der Waals surface area contributed by atoms with Crippen molar-refractivity contribution in [1.82, 2.24) is 4.57 Å². The van der Waals surface area contributed by atoms with Crippen LogP contribution in [-0.4, -0.2) is 15.6 Å². The zero-order valence-electron chi connectivity index (χ0n) is 13.9. The number of hydrogen-bond donors (Lipinski definition) is 1. The molecule has 26 heavy (non-hydrogen) atoms. The van der Waals surface area contributed by atoms with E-state index < -0.39 is 5.97 Å². The second kappa shape index (κ2) is 6.81. The molecular formula is C22H16BrNO2. The fourth-order valence-electron chi connectivity index (χ4n) is 3.25. The van der Waals surface area contributed by atoms with Gasteiger partial charge in [-0.25, -0.2) is 4.79 Å². The molecule has 3 aromatic carbocycles. The molecule has 1 N–H and O–H groups in total. The van der Waals surface area contributed by atoms with Gasteiger partial charge in [0.2, 0.25) is 0 Å². The van der Waals surface area contributed by atoms with Crippen molar-refractivity contribution in [1.29, 1.82) is 0 Å². The number of carboxylic acid groups (broad SMARTS) is 1. The number of nitrogens with zero attached hydrogens (tertiary/aromatic N) is 1. The molecule has 0 atom stereocenters. The van der Waals surface area contributed by atoms with Gasteiger partial charge in [0.05, 0.1) is 5.56 Å². The van der Waals surface area contributed by atoms with Crippen molar-refractivity contribution in [2.45, 2.75) is 6.54 Å². The van der Waals surface area contributed by atoms with Crippen LogP contribution in [-0.2, 0) is 6.54 Å². The quantitative estimate of drug-likeness (QED) is 0.464. The molecule has 4 aromatic rings. The molecule has 0 unspecified atom stereocenters. The van der Waals surface area contributed by atoms with E-state index in [1.54, 1.807) is 18.2 Å². The largest absolute Gasteiger partial charge is 0.478 e. The van der Waals surface area contributed by atoms with E-state index in [2.05, 4.69) is 50.8 Å². The molecule has 0 spiro atoms. The molecule has 0 saturated carbocycles. The summed E-state index contributed by atoms with van der Waals surface area (Å²) in [6.45, 7) is 0.608. The van der Waals surface area contributed by atoms with E-state index in [9.17, 15) is 9.90 Å². The Morgan fingerprint density at radius 3 is 2.50 bits per heavy atom. The average Bonchev–Trinajstić information content (AvgIpc) is 3.00. The van der Waals surface area contributed by atoms with Crippen LogP contribution in [0.15, 0.2) is 83.3 Å². The number of benzene rings is 3. The van der Waals surface area contributed by atoms with Gasteiger partial charge in [-0.05, 0) is 47.5 Å². The number of carboxylic acids is 1. The van der Waals surface area contributed by atoms with Crippen LogP contribution < -0.4 is 0 Å². The summed E-state index contributed by atoms with van der Waals surface area (Å²) in [5.74, 6) is -0.906. The first-order valence-corrected chi connectivity index (χ1v) is 9.07. The van der Waals surface area contributed by atoms with Gasteiger partial charge in [-0.3, -0.25) is 0 Å². The first kappa shape index (κ1) is 16.6. The minimum Gasteiger partial charge on any atom is -0.478 e. The van der Waals surface area contributed by atoms with Crippen LogP contribution in [0.1, 0.15) is 15.9 Å². The number of fused-ring (bicyclic) bond motifs is 1. The van der Waals surface area contributed by atoms with Gasteiger partial charge in [-0.2, -0.15) is 0 Å². The van der Waals surface area contributed by atoms with E-state index in [4.69, 9.17) is 0 Å². The fourth-order valence-corrected chi connectivity index (χ4v) is 3.62. The Morgan fingerprint density at radius 2 is 1.73 bits per heavy atom. The number of halogens is 1. The predicted molar refractivity (Wildman–Crippen MR) is 108 cm³/mol. The maximum absolute atomic E-state index is 11.3. The van der Waals surface area contributed by atoms with Crippen LogP contribution in [0.4, 0.5) is 0 Å². The zero-order valence-corrected chi connectivity index (χ0v) is 15.5. The zero-order chi connectivity index (χ0) is 18.1. The van der Waals surface area contributed by atoms with Gasteiger partial charge in [0, 0.05) is 27.6 Å². The third kappa shape index (κ3) is 3.16. The molecule has 0 bridgehead atoms. The van der Waals surface area contributed by atoms with Crippen LogP contribution >= 0.6 is 15.9 Å². The van der Waals surface area contributed by atoms with E-state index in [-0.39, 0.29) is 0 Å². The molecule has 1 aromatic heterocycles. The minimum absolute atomic E-state index is 0.308. The van der Waals surface area contributed by atoms with E-state index in [0.717, 1.165) is 32.2 Å². The van der Waals surface area contributed by atoms with Crippen LogP contribution in [0.3, 0.4) is 0 Å². The summed E-state index contributed by atoms with van der Waals surface area (Å²) < 4.78 is 3.27. The highest BCUT2D eigenvalue weighted by atomic mass is 79.9. The molecule has 0 fully saturated rings. The summed E-state index contributed by atoms with van der Waals surface area (Å²) in [6.07, 6.45) is 0. The topological polar surface area (TPSA) is 42.2 Å². The maximum Gasteiger partial charge on any atom is 0.335 e. The third-order valence-electron chi connectivity index (χ3n) is 4.45. The second-order valence-corrected chi connectivity index (χ2v) is 7.11. The van der Waals surface area contributed by atoms with Crippen molar-refractivity contribution in [2.24, 2.45) is 0 Å². The van der Waals surface area contributed by atoms with Crippen molar-refractivity contribution >= 4 is 32.8 Å². The normalized spacial score (nSPS) is 11.0. The van der Waals surface area contributed by atoms with E-state index >= 15 is 0 Å². The Hall–Kier alpha value is -2.85. The van der Waals surface area contributed by atoms with Gasteiger partial charge in [-0.15, -0.1) is 0 Å². The number of aromatic carboxylic acids is 1. The van der Waals surface area contributed by atoms with Crippen molar-refractivity contribution in [2.75, 3.05) is 0 Å². The number of hydrogen-bond acceptors (Lipinski definition) is 1. The van der Waals surface area contributed by atoms with Crippen molar-refractivity contribution in [3.8, 4) is 11.3 Å². The summed E-state index contributed by atoms with van der Waals surface area (Å²) in [5, 5.41) is 10.4. The molecule has 3 nitrogen and oxygen atoms in total. The molecule has 0 aliphatic carbocycles. The lowest BCUT2D eigenvalue weighted by atomic mass is 10.1. The smallest absolute Gasteiger partial charge is 0.335 e. The first-order chi connectivity index (χ1) is 12.6. The SMILES string of the molecule is O=C(O)c1cccc(Cn2c(-c3ccccc3)cc3cc(Br)ccc32)c1.